The Bertz CT molecular complexity index is 685. The Kier molecular flexibility index (Phi) is 6.96. The van der Waals surface area contributed by atoms with Crippen LogP contribution in [0, 0.1) is 0 Å². The van der Waals surface area contributed by atoms with Crippen molar-refractivity contribution in [2.75, 3.05) is 26.8 Å². The number of ether oxygens (including phenoxy) is 2. The van der Waals surface area contributed by atoms with E-state index in [4.69, 9.17) is 9.47 Å². The van der Waals surface area contributed by atoms with Crippen molar-refractivity contribution >= 4 is 0 Å². The highest BCUT2D eigenvalue weighted by Crippen LogP contribution is 2.23. The molecule has 1 heterocycles. The Morgan fingerprint density at radius 1 is 1.08 bits per heavy atom. The maximum absolute atomic E-state index is 6.17. The van der Waals surface area contributed by atoms with Gasteiger partial charge in [0, 0.05) is 6.04 Å². The third kappa shape index (κ3) is 5.01. The SMILES string of the molecule is CCN1CCCC1CCOc1ccccc1CCc1cccc(OC)c1. The standard InChI is InChI=1S/C23H31NO2/c1-3-24-16-7-10-21(24)15-17-26-23-12-5-4-9-20(23)14-13-19-8-6-11-22(18-19)25-2/h4-6,8-9,11-12,18,21H,3,7,10,13-17H2,1-2H3. The van der Waals surface area contributed by atoms with E-state index in [0.29, 0.717) is 6.04 Å². The largest absolute Gasteiger partial charge is 0.497 e. The number of benzene rings is 2. The highest BCUT2D eigenvalue weighted by molar-refractivity contribution is 5.35. The zero-order chi connectivity index (χ0) is 18.2. The van der Waals surface area contributed by atoms with E-state index in [1.54, 1.807) is 7.11 Å². The van der Waals surface area contributed by atoms with Gasteiger partial charge in [-0.15, -0.1) is 0 Å². The van der Waals surface area contributed by atoms with Gasteiger partial charge in [-0.05, 0) is 74.5 Å². The summed E-state index contributed by atoms with van der Waals surface area (Å²) in [5.74, 6) is 1.96. The Morgan fingerprint density at radius 2 is 1.96 bits per heavy atom. The summed E-state index contributed by atoms with van der Waals surface area (Å²) in [5.41, 5.74) is 2.58. The maximum Gasteiger partial charge on any atom is 0.122 e. The molecule has 26 heavy (non-hydrogen) atoms. The highest BCUT2D eigenvalue weighted by Gasteiger charge is 2.22. The average molecular weight is 354 g/mol. The first-order chi connectivity index (χ1) is 12.8. The van der Waals surface area contributed by atoms with Gasteiger partial charge in [0.25, 0.3) is 0 Å². The van der Waals surface area contributed by atoms with Gasteiger partial charge in [0.15, 0.2) is 0 Å². The second-order valence-electron chi connectivity index (χ2n) is 7.02. The van der Waals surface area contributed by atoms with Crippen molar-refractivity contribution in [2.24, 2.45) is 0 Å². The van der Waals surface area contributed by atoms with E-state index in [1.165, 1.54) is 30.5 Å². The van der Waals surface area contributed by atoms with Crippen molar-refractivity contribution in [3.05, 3.63) is 59.7 Å². The summed E-state index contributed by atoms with van der Waals surface area (Å²) in [6, 6.07) is 17.5. The highest BCUT2D eigenvalue weighted by atomic mass is 16.5. The van der Waals surface area contributed by atoms with Gasteiger partial charge in [-0.1, -0.05) is 37.3 Å². The first-order valence-electron chi connectivity index (χ1n) is 9.88. The van der Waals surface area contributed by atoms with E-state index in [2.05, 4.69) is 54.3 Å². The lowest BCUT2D eigenvalue weighted by Gasteiger charge is -2.22. The molecule has 1 aliphatic rings. The fourth-order valence-electron chi connectivity index (χ4n) is 3.90. The van der Waals surface area contributed by atoms with Crippen LogP contribution >= 0.6 is 0 Å². The lowest BCUT2D eigenvalue weighted by atomic mass is 10.0. The summed E-state index contributed by atoms with van der Waals surface area (Å²) in [7, 11) is 1.71. The van der Waals surface area contributed by atoms with E-state index in [0.717, 1.165) is 43.9 Å². The van der Waals surface area contributed by atoms with E-state index in [1.807, 2.05) is 6.07 Å². The van der Waals surface area contributed by atoms with Crippen molar-refractivity contribution in [1.82, 2.24) is 4.90 Å². The zero-order valence-corrected chi connectivity index (χ0v) is 16.1. The third-order valence-corrected chi connectivity index (χ3v) is 5.40. The van der Waals surface area contributed by atoms with Crippen LogP contribution in [0.1, 0.15) is 37.3 Å². The topological polar surface area (TPSA) is 21.7 Å². The minimum Gasteiger partial charge on any atom is -0.497 e. The van der Waals surface area contributed by atoms with Crippen LogP contribution < -0.4 is 9.47 Å². The maximum atomic E-state index is 6.17. The second kappa shape index (κ2) is 9.63. The molecule has 0 saturated carbocycles. The number of hydrogen-bond acceptors (Lipinski definition) is 3. The number of para-hydroxylation sites is 1. The van der Waals surface area contributed by atoms with Crippen molar-refractivity contribution in [3.8, 4) is 11.5 Å². The van der Waals surface area contributed by atoms with Crippen molar-refractivity contribution in [3.63, 3.8) is 0 Å². The quantitative estimate of drug-likeness (QED) is 0.650. The molecule has 0 aliphatic carbocycles. The molecule has 2 aromatic rings. The van der Waals surface area contributed by atoms with Gasteiger partial charge < -0.3 is 14.4 Å². The van der Waals surface area contributed by atoms with Crippen LogP contribution in [-0.2, 0) is 12.8 Å². The Hall–Kier alpha value is -2.00. The minimum atomic E-state index is 0.698. The van der Waals surface area contributed by atoms with Crippen LogP contribution in [-0.4, -0.2) is 37.7 Å². The van der Waals surface area contributed by atoms with Crippen LogP contribution in [0.25, 0.3) is 0 Å². The van der Waals surface area contributed by atoms with Gasteiger partial charge >= 0.3 is 0 Å². The predicted octanol–water partition coefficient (Wildman–Crippen LogP) is 4.73. The molecule has 0 aromatic heterocycles. The molecule has 1 saturated heterocycles. The number of likely N-dealkylation sites (tertiary alicyclic amines) is 1. The summed E-state index contributed by atoms with van der Waals surface area (Å²) in [4.78, 5) is 2.58. The van der Waals surface area contributed by atoms with Gasteiger partial charge in [-0.3, -0.25) is 0 Å². The molecule has 0 spiro atoms. The molecule has 0 bridgehead atoms. The third-order valence-electron chi connectivity index (χ3n) is 5.40. The summed E-state index contributed by atoms with van der Waals surface area (Å²) in [6.45, 7) is 5.46. The summed E-state index contributed by atoms with van der Waals surface area (Å²) in [6.07, 6.45) is 5.74. The lowest BCUT2D eigenvalue weighted by Crippen LogP contribution is -2.30. The van der Waals surface area contributed by atoms with Gasteiger partial charge in [0.05, 0.1) is 13.7 Å². The molecule has 3 nitrogen and oxygen atoms in total. The summed E-state index contributed by atoms with van der Waals surface area (Å²) < 4.78 is 11.5. The van der Waals surface area contributed by atoms with Crippen LogP contribution in [0.2, 0.25) is 0 Å². The first-order valence-corrected chi connectivity index (χ1v) is 9.88. The number of aryl methyl sites for hydroxylation is 2. The van der Waals surface area contributed by atoms with Gasteiger partial charge in [0.2, 0.25) is 0 Å². The molecule has 0 N–H and O–H groups in total. The van der Waals surface area contributed by atoms with Crippen LogP contribution in [0.4, 0.5) is 0 Å². The van der Waals surface area contributed by atoms with Gasteiger partial charge in [-0.2, -0.15) is 0 Å². The van der Waals surface area contributed by atoms with E-state index in [9.17, 15) is 0 Å². The van der Waals surface area contributed by atoms with Crippen LogP contribution in [0.15, 0.2) is 48.5 Å². The van der Waals surface area contributed by atoms with Crippen molar-refractivity contribution in [2.45, 2.75) is 45.1 Å². The molecular formula is C23H31NO2. The van der Waals surface area contributed by atoms with Crippen LogP contribution in [0.5, 0.6) is 11.5 Å². The number of rotatable bonds is 9. The average Bonchev–Trinajstić information content (AvgIpc) is 3.15. The molecule has 2 aromatic carbocycles. The van der Waals surface area contributed by atoms with E-state index >= 15 is 0 Å². The fraction of sp³-hybridized carbons (Fsp3) is 0.478. The molecule has 1 aliphatic heterocycles. The Morgan fingerprint density at radius 3 is 2.81 bits per heavy atom. The minimum absolute atomic E-state index is 0.698. The zero-order valence-electron chi connectivity index (χ0n) is 16.1. The number of hydrogen-bond donors (Lipinski definition) is 0. The van der Waals surface area contributed by atoms with Crippen molar-refractivity contribution in [1.29, 1.82) is 0 Å². The molecule has 140 valence electrons. The van der Waals surface area contributed by atoms with Crippen LogP contribution in [0.3, 0.4) is 0 Å². The molecule has 0 amide bonds. The molecular weight excluding hydrogens is 322 g/mol. The fourth-order valence-corrected chi connectivity index (χ4v) is 3.90. The molecule has 1 fully saturated rings. The van der Waals surface area contributed by atoms with Gasteiger partial charge in [0.1, 0.15) is 11.5 Å². The second-order valence-corrected chi connectivity index (χ2v) is 7.02. The summed E-state index contributed by atoms with van der Waals surface area (Å²) >= 11 is 0. The Balaban J connectivity index is 1.54. The monoisotopic (exact) mass is 353 g/mol. The molecule has 3 heteroatoms. The molecule has 1 atom stereocenters. The normalized spacial score (nSPS) is 17.4. The van der Waals surface area contributed by atoms with Crippen molar-refractivity contribution < 1.29 is 9.47 Å². The predicted molar refractivity (Wildman–Crippen MR) is 107 cm³/mol. The molecule has 0 radical (unpaired) electrons. The molecule has 1 unspecified atom stereocenters. The van der Waals surface area contributed by atoms with E-state index in [-0.39, 0.29) is 0 Å². The molecule has 3 rings (SSSR count). The number of nitrogens with zero attached hydrogens (tertiary/aromatic N) is 1. The lowest BCUT2D eigenvalue weighted by molar-refractivity contribution is 0.211. The Labute approximate surface area is 157 Å². The smallest absolute Gasteiger partial charge is 0.122 e. The van der Waals surface area contributed by atoms with E-state index < -0.39 is 0 Å². The number of methoxy groups -OCH3 is 1. The first kappa shape index (κ1) is 18.8. The summed E-state index contributed by atoms with van der Waals surface area (Å²) in [5, 5.41) is 0. The van der Waals surface area contributed by atoms with Gasteiger partial charge in [-0.25, -0.2) is 0 Å².